The zero-order valence-corrected chi connectivity index (χ0v) is 10.1. The van der Waals surface area contributed by atoms with Gasteiger partial charge in [0, 0.05) is 18.0 Å². The summed E-state index contributed by atoms with van der Waals surface area (Å²) < 4.78 is 0. The molecule has 1 heterocycles. The maximum atomic E-state index is 4.66. The van der Waals surface area contributed by atoms with E-state index in [4.69, 9.17) is 0 Å². The fraction of sp³-hybridized carbons (Fsp3) is 0.467. The van der Waals surface area contributed by atoms with E-state index in [1.54, 1.807) is 0 Å². The predicted octanol–water partition coefficient (Wildman–Crippen LogP) is 3.75. The molecule has 88 valence electrons. The van der Waals surface area contributed by atoms with E-state index in [1.807, 2.05) is 18.3 Å². The molecule has 0 aliphatic heterocycles. The molecule has 0 unspecified atom stereocenters. The second-order valence-electron chi connectivity index (χ2n) is 5.05. The third-order valence-corrected chi connectivity index (χ3v) is 3.73. The molecule has 0 amide bonds. The summed E-state index contributed by atoms with van der Waals surface area (Å²) in [5, 5.41) is 1.14. The molecule has 2 nitrogen and oxygen atoms in total. The molecule has 0 radical (unpaired) electrons. The molecule has 1 aliphatic rings. The van der Waals surface area contributed by atoms with Gasteiger partial charge in [-0.05, 0) is 12.0 Å². The van der Waals surface area contributed by atoms with Gasteiger partial charge in [0.25, 0.3) is 0 Å². The van der Waals surface area contributed by atoms with Crippen LogP contribution in [0.5, 0.6) is 0 Å². The Kier molecular flexibility index (Phi) is 3.04. The van der Waals surface area contributed by atoms with E-state index in [9.17, 15) is 0 Å². The number of rotatable bonds is 2. The Morgan fingerprint density at radius 1 is 1.06 bits per heavy atom. The highest BCUT2D eigenvalue weighted by atomic mass is 14.9. The largest absolute Gasteiger partial charge is 0.241 e. The quantitative estimate of drug-likeness (QED) is 0.779. The van der Waals surface area contributed by atoms with Gasteiger partial charge in [0.1, 0.15) is 5.82 Å². The smallest absolute Gasteiger partial charge is 0.129 e. The lowest BCUT2D eigenvalue weighted by molar-refractivity contribution is 0.352. The van der Waals surface area contributed by atoms with E-state index in [0.717, 1.165) is 29.1 Å². The van der Waals surface area contributed by atoms with E-state index >= 15 is 0 Å². The maximum absolute atomic E-state index is 4.66. The standard InChI is InChI=1S/C15H18N2/c1-2-6-12(7-3-1)10-15-16-11-13-8-4-5-9-14(13)17-15/h4-5,8-9,11-12H,1-3,6-7,10H2. The van der Waals surface area contributed by atoms with Gasteiger partial charge in [-0.15, -0.1) is 0 Å². The first-order valence-corrected chi connectivity index (χ1v) is 6.62. The molecule has 1 aromatic heterocycles. The first-order valence-electron chi connectivity index (χ1n) is 6.62. The summed E-state index contributed by atoms with van der Waals surface area (Å²) in [6.45, 7) is 0. The molecule has 3 rings (SSSR count). The molecule has 17 heavy (non-hydrogen) atoms. The normalized spacial score (nSPS) is 17.4. The Bertz CT molecular complexity index is 501. The van der Waals surface area contributed by atoms with Gasteiger partial charge < -0.3 is 0 Å². The van der Waals surface area contributed by atoms with Gasteiger partial charge >= 0.3 is 0 Å². The molecule has 1 aliphatic carbocycles. The molecule has 0 bridgehead atoms. The SMILES string of the molecule is c1ccc2nc(CC3CCCCC3)ncc2c1. The van der Waals surface area contributed by atoms with Gasteiger partial charge in [0.15, 0.2) is 0 Å². The molecule has 1 fully saturated rings. The third kappa shape index (κ3) is 2.46. The summed E-state index contributed by atoms with van der Waals surface area (Å²) >= 11 is 0. The van der Waals surface area contributed by atoms with Crippen LogP contribution in [0.3, 0.4) is 0 Å². The average molecular weight is 226 g/mol. The van der Waals surface area contributed by atoms with Crippen molar-refractivity contribution in [1.29, 1.82) is 0 Å². The highest BCUT2D eigenvalue weighted by Crippen LogP contribution is 2.26. The molecule has 1 saturated carbocycles. The number of hydrogen-bond acceptors (Lipinski definition) is 2. The van der Waals surface area contributed by atoms with Crippen molar-refractivity contribution in [1.82, 2.24) is 9.97 Å². The molecular formula is C15H18N2. The minimum atomic E-state index is 0.810. The number of aromatic nitrogens is 2. The molecular weight excluding hydrogens is 208 g/mol. The Morgan fingerprint density at radius 2 is 1.88 bits per heavy atom. The molecule has 2 aromatic rings. The summed E-state index contributed by atoms with van der Waals surface area (Å²) in [5.41, 5.74) is 1.08. The highest BCUT2D eigenvalue weighted by molar-refractivity contribution is 5.77. The van der Waals surface area contributed by atoms with Crippen LogP contribution in [0.4, 0.5) is 0 Å². The third-order valence-electron chi connectivity index (χ3n) is 3.73. The van der Waals surface area contributed by atoms with Crippen molar-refractivity contribution in [2.24, 2.45) is 5.92 Å². The van der Waals surface area contributed by atoms with E-state index in [-0.39, 0.29) is 0 Å². The summed E-state index contributed by atoms with van der Waals surface area (Å²) in [5.74, 6) is 1.83. The highest BCUT2D eigenvalue weighted by Gasteiger charge is 2.15. The minimum Gasteiger partial charge on any atom is -0.241 e. The van der Waals surface area contributed by atoms with Crippen LogP contribution in [0.25, 0.3) is 10.9 Å². The van der Waals surface area contributed by atoms with Crippen LogP contribution >= 0.6 is 0 Å². The van der Waals surface area contributed by atoms with Crippen molar-refractivity contribution in [3.8, 4) is 0 Å². The van der Waals surface area contributed by atoms with Crippen LogP contribution in [0.2, 0.25) is 0 Å². The van der Waals surface area contributed by atoms with Crippen molar-refractivity contribution in [3.63, 3.8) is 0 Å². The number of fused-ring (bicyclic) bond motifs is 1. The first kappa shape index (κ1) is 10.7. The second-order valence-corrected chi connectivity index (χ2v) is 5.05. The van der Waals surface area contributed by atoms with Crippen molar-refractivity contribution >= 4 is 10.9 Å². The van der Waals surface area contributed by atoms with Gasteiger partial charge in [-0.2, -0.15) is 0 Å². The lowest BCUT2D eigenvalue weighted by atomic mass is 9.87. The Morgan fingerprint density at radius 3 is 2.76 bits per heavy atom. The maximum Gasteiger partial charge on any atom is 0.129 e. The zero-order chi connectivity index (χ0) is 11.5. The summed E-state index contributed by atoms with van der Waals surface area (Å²) in [6, 6.07) is 8.22. The second kappa shape index (κ2) is 4.82. The van der Waals surface area contributed by atoms with E-state index in [2.05, 4.69) is 22.1 Å². The fourth-order valence-corrected chi connectivity index (χ4v) is 2.76. The van der Waals surface area contributed by atoms with Gasteiger partial charge in [0.05, 0.1) is 5.52 Å². The topological polar surface area (TPSA) is 25.8 Å². The van der Waals surface area contributed by atoms with Crippen LogP contribution in [0.15, 0.2) is 30.5 Å². The molecule has 0 atom stereocenters. The van der Waals surface area contributed by atoms with Crippen molar-refractivity contribution in [3.05, 3.63) is 36.3 Å². The van der Waals surface area contributed by atoms with Gasteiger partial charge in [0.2, 0.25) is 0 Å². The molecule has 1 aromatic carbocycles. The molecule has 2 heteroatoms. The average Bonchev–Trinajstić information content (AvgIpc) is 2.40. The predicted molar refractivity (Wildman–Crippen MR) is 69.8 cm³/mol. The van der Waals surface area contributed by atoms with Crippen LogP contribution in [-0.2, 0) is 6.42 Å². The summed E-state index contributed by atoms with van der Waals surface area (Å²) in [4.78, 5) is 9.15. The van der Waals surface area contributed by atoms with Crippen LogP contribution < -0.4 is 0 Å². The number of para-hydroxylation sites is 1. The van der Waals surface area contributed by atoms with Crippen LogP contribution in [-0.4, -0.2) is 9.97 Å². The Hall–Kier alpha value is -1.44. The number of nitrogens with zero attached hydrogens (tertiary/aromatic N) is 2. The van der Waals surface area contributed by atoms with E-state index in [1.165, 1.54) is 32.1 Å². The lowest BCUT2D eigenvalue weighted by Gasteiger charge is -2.20. The monoisotopic (exact) mass is 226 g/mol. The van der Waals surface area contributed by atoms with Crippen LogP contribution in [0.1, 0.15) is 37.9 Å². The van der Waals surface area contributed by atoms with E-state index in [0.29, 0.717) is 0 Å². The van der Waals surface area contributed by atoms with Gasteiger partial charge in [-0.3, -0.25) is 0 Å². The molecule has 0 saturated heterocycles. The zero-order valence-electron chi connectivity index (χ0n) is 10.1. The lowest BCUT2D eigenvalue weighted by Crippen LogP contribution is -2.11. The molecule has 0 spiro atoms. The summed E-state index contributed by atoms with van der Waals surface area (Å²) in [7, 11) is 0. The first-order chi connectivity index (χ1) is 8.42. The molecule has 0 N–H and O–H groups in total. The Labute approximate surface area is 102 Å². The number of hydrogen-bond donors (Lipinski definition) is 0. The minimum absolute atomic E-state index is 0.810. The van der Waals surface area contributed by atoms with Crippen molar-refractivity contribution in [2.45, 2.75) is 38.5 Å². The van der Waals surface area contributed by atoms with Gasteiger partial charge in [-0.25, -0.2) is 9.97 Å². The number of benzene rings is 1. The summed E-state index contributed by atoms with van der Waals surface area (Å²) in [6.07, 6.45) is 9.92. The van der Waals surface area contributed by atoms with Crippen molar-refractivity contribution < 1.29 is 0 Å². The van der Waals surface area contributed by atoms with E-state index < -0.39 is 0 Å². The fourth-order valence-electron chi connectivity index (χ4n) is 2.76. The van der Waals surface area contributed by atoms with Gasteiger partial charge in [-0.1, -0.05) is 50.3 Å². The van der Waals surface area contributed by atoms with Crippen molar-refractivity contribution in [2.75, 3.05) is 0 Å². The Balaban J connectivity index is 1.80. The van der Waals surface area contributed by atoms with Crippen LogP contribution in [0, 0.1) is 5.92 Å².